The van der Waals surface area contributed by atoms with Crippen molar-refractivity contribution in [2.24, 2.45) is 0 Å². The summed E-state index contributed by atoms with van der Waals surface area (Å²) in [7, 11) is 0. The van der Waals surface area contributed by atoms with Gasteiger partial charge in [-0.1, -0.05) is 66.7 Å². The minimum Gasteiger partial charge on any atom is -0.290 e. The monoisotopic (exact) mass is 362 g/mol. The molecule has 0 saturated heterocycles. The summed E-state index contributed by atoms with van der Waals surface area (Å²) in [6.45, 7) is 6.49. The predicted molar refractivity (Wildman–Crippen MR) is 108 cm³/mol. The van der Waals surface area contributed by atoms with E-state index in [1.165, 1.54) is 22.3 Å². The maximum Gasteiger partial charge on any atom is 0.214 e. The number of aryl methyl sites for hydroxylation is 2. The first-order valence-electron chi connectivity index (χ1n) is 8.82. The summed E-state index contributed by atoms with van der Waals surface area (Å²) < 4.78 is 2.03. The van der Waals surface area contributed by atoms with Crippen molar-refractivity contribution in [3.05, 3.63) is 82.0 Å². The molecule has 1 aromatic heterocycles. The van der Waals surface area contributed by atoms with Crippen LogP contribution in [0.25, 0.3) is 5.70 Å². The van der Waals surface area contributed by atoms with E-state index in [2.05, 4.69) is 90.3 Å². The number of hydrogen-bond acceptors (Lipinski definition) is 4. The van der Waals surface area contributed by atoms with Crippen LogP contribution in [-0.2, 0) is 6.42 Å². The van der Waals surface area contributed by atoms with Crippen molar-refractivity contribution in [1.29, 1.82) is 0 Å². The first-order chi connectivity index (χ1) is 12.6. The van der Waals surface area contributed by atoms with Crippen LogP contribution in [0.15, 0.2) is 59.1 Å². The Morgan fingerprint density at radius 3 is 2.69 bits per heavy atom. The molecule has 1 N–H and O–H groups in total. The van der Waals surface area contributed by atoms with Gasteiger partial charge >= 0.3 is 0 Å². The van der Waals surface area contributed by atoms with Gasteiger partial charge in [-0.05, 0) is 37.0 Å². The predicted octanol–water partition coefficient (Wildman–Crippen LogP) is 4.89. The van der Waals surface area contributed by atoms with Crippen LogP contribution >= 0.6 is 11.8 Å². The van der Waals surface area contributed by atoms with E-state index < -0.39 is 0 Å². The molecule has 1 aliphatic rings. The molecule has 0 saturated carbocycles. The molecule has 2 heterocycles. The highest BCUT2D eigenvalue weighted by Crippen LogP contribution is 2.31. The number of hydrogen-bond donors (Lipinski definition) is 1. The van der Waals surface area contributed by atoms with Crippen LogP contribution < -0.4 is 5.43 Å². The second kappa shape index (κ2) is 7.00. The normalized spacial score (nSPS) is 14.3. The molecule has 0 unspecified atom stereocenters. The van der Waals surface area contributed by atoms with Crippen molar-refractivity contribution in [2.45, 2.75) is 38.3 Å². The SMILES string of the molecule is Cc1ccc(C)c(C2=CSc3nnc(C[C@H](C)c4ccccc4)n3N2)c1. The van der Waals surface area contributed by atoms with Gasteiger partial charge in [0.2, 0.25) is 5.16 Å². The molecule has 1 atom stereocenters. The summed E-state index contributed by atoms with van der Waals surface area (Å²) >= 11 is 1.61. The van der Waals surface area contributed by atoms with Gasteiger partial charge in [0.25, 0.3) is 0 Å². The van der Waals surface area contributed by atoms with Crippen LogP contribution in [0.4, 0.5) is 0 Å². The average molecular weight is 363 g/mol. The fraction of sp³-hybridized carbons (Fsp3) is 0.238. The second-order valence-corrected chi connectivity index (χ2v) is 7.67. The van der Waals surface area contributed by atoms with E-state index in [0.29, 0.717) is 5.92 Å². The molecule has 5 heteroatoms. The van der Waals surface area contributed by atoms with Gasteiger partial charge in [-0.15, -0.1) is 10.2 Å². The third-order valence-electron chi connectivity index (χ3n) is 4.76. The van der Waals surface area contributed by atoms with Gasteiger partial charge in [0, 0.05) is 17.4 Å². The Labute approximate surface area is 158 Å². The molecule has 1 aliphatic heterocycles. The number of nitrogens with zero attached hydrogens (tertiary/aromatic N) is 3. The minimum atomic E-state index is 0.381. The number of thioether (sulfide) groups is 1. The van der Waals surface area contributed by atoms with Gasteiger partial charge in [0.05, 0.1) is 5.70 Å². The van der Waals surface area contributed by atoms with Crippen molar-refractivity contribution < 1.29 is 0 Å². The number of benzene rings is 2. The molecule has 0 aliphatic carbocycles. The third kappa shape index (κ3) is 3.27. The smallest absolute Gasteiger partial charge is 0.214 e. The van der Waals surface area contributed by atoms with Gasteiger partial charge in [-0.2, -0.15) is 0 Å². The van der Waals surface area contributed by atoms with E-state index in [0.717, 1.165) is 23.1 Å². The summed E-state index contributed by atoms with van der Waals surface area (Å²) in [5, 5.41) is 11.8. The Balaban J connectivity index is 1.59. The molecule has 2 aromatic carbocycles. The van der Waals surface area contributed by atoms with E-state index in [4.69, 9.17) is 0 Å². The van der Waals surface area contributed by atoms with Crippen molar-refractivity contribution in [3.8, 4) is 0 Å². The zero-order valence-corrected chi connectivity index (χ0v) is 16.0. The molecule has 0 bridgehead atoms. The second-order valence-electron chi connectivity index (χ2n) is 6.83. The number of rotatable bonds is 4. The van der Waals surface area contributed by atoms with Crippen molar-refractivity contribution in [1.82, 2.24) is 14.9 Å². The maximum atomic E-state index is 4.43. The summed E-state index contributed by atoms with van der Waals surface area (Å²) in [4.78, 5) is 0. The van der Waals surface area contributed by atoms with Gasteiger partial charge in [0.15, 0.2) is 5.82 Å². The summed E-state index contributed by atoms with van der Waals surface area (Å²) in [5.41, 5.74) is 9.66. The Bertz CT molecular complexity index is 959. The highest BCUT2D eigenvalue weighted by molar-refractivity contribution is 8.02. The first-order valence-corrected chi connectivity index (χ1v) is 9.70. The Kier molecular flexibility index (Phi) is 4.55. The van der Waals surface area contributed by atoms with E-state index in [1.54, 1.807) is 11.8 Å². The zero-order valence-electron chi connectivity index (χ0n) is 15.2. The fourth-order valence-corrected chi connectivity index (χ4v) is 3.95. The van der Waals surface area contributed by atoms with Crippen LogP contribution in [0.2, 0.25) is 0 Å². The van der Waals surface area contributed by atoms with E-state index >= 15 is 0 Å². The average Bonchev–Trinajstić information content (AvgIpc) is 3.06. The number of aromatic nitrogens is 3. The summed E-state index contributed by atoms with van der Waals surface area (Å²) in [5.74, 6) is 1.34. The standard InChI is InChI=1S/C21H22N4S/c1-14-9-10-15(2)18(11-14)19-13-26-21-23-22-20(25(21)24-19)12-16(3)17-7-5-4-6-8-17/h4-11,13,16,24H,12H2,1-3H3/t16-/m0/s1. The lowest BCUT2D eigenvalue weighted by Crippen LogP contribution is -2.21. The molecule has 0 spiro atoms. The highest BCUT2D eigenvalue weighted by Gasteiger charge is 2.21. The Hall–Kier alpha value is -2.53. The summed E-state index contributed by atoms with van der Waals surface area (Å²) in [6.07, 6.45) is 0.838. The van der Waals surface area contributed by atoms with Crippen molar-refractivity contribution >= 4 is 17.5 Å². The van der Waals surface area contributed by atoms with E-state index in [1.807, 2.05) is 4.68 Å². The lowest BCUT2D eigenvalue weighted by Gasteiger charge is -2.21. The van der Waals surface area contributed by atoms with Gasteiger partial charge < -0.3 is 0 Å². The third-order valence-corrected chi connectivity index (χ3v) is 5.58. The van der Waals surface area contributed by atoms with Gasteiger partial charge in [0.1, 0.15) is 0 Å². The zero-order chi connectivity index (χ0) is 18.1. The fourth-order valence-electron chi connectivity index (χ4n) is 3.20. The Morgan fingerprint density at radius 1 is 1.08 bits per heavy atom. The number of fused-ring (bicyclic) bond motifs is 1. The summed E-state index contributed by atoms with van der Waals surface area (Å²) in [6, 6.07) is 17.1. The van der Waals surface area contributed by atoms with Gasteiger partial charge in [-0.25, -0.2) is 4.68 Å². The van der Waals surface area contributed by atoms with E-state index in [9.17, 15) is 0 Å². The molecule has 132 valence electrons. The minimum absolute atomic E-state index is 0.381. The molecule has 26 heavy (non-hydrogen) atoms. The first kappa shape index (κ1) is 16.9. The molecule has 4 rings (SSSR count). The van der Waals surface area contributed by atoms with Crippen molar-refractivity contribution in [3.63, 3.8) is 0 Å². The molecule has 0 fully saturated rings. The van der Waals surface area contributed by atoms with Crippen LogP contribution in [0.5, 0.6) is 0 Å². The molecule has 0 radical (unpaired) electrons. The molecule has 4 nitrogen and oxygen atoms in total. The van der Waals surface area contributed by atoms with E-state index in [-0.39, 0.29) is 0 Å². The highest BCUT2D eigenvalue weighted by atomic mass is 32.2. The quantitative estimate of drug-likeness (QED) is 0.718. The lowest BCUT2D eigenvalue weighted by atomic mass is 9.98. The van der Waals surface area contributed by atoms with Crippen LogP contribution in [0.3, 0.4) is 0 Å². The van der Waals surface area contributed by atoms with Crippen LogP contribution in [0.1, 0.15) is 40.9 Å². The van der Waals surface area contributed by atoms with Crippen molar-refractivity contribution in [2.75, 3.05) is 5.43 Å². The molecule has 3 aromatic rings. The van der Waals surface area contributed by atoms with Gasteiger partial charge in [-0.3, -0.25) is 5.43 Å². The lowest BCUT2D eigenvalue weighted by molar-refractivity contribution is 0.677. The molecular weight excluding hydrogens is 340 g/mol. The molecule has 0 amide bonds. The van der Waals surface area contributed by atoms with Crippen LogP contribution in [-0.4, -0.2) is 14.9 Å². The number of nitrogens with one attached hydrogen (secondary N) is 1. The largest absolute Gasteiger partial charge is 0.290 e. The molecular formula is C21H22N4S. The van der Waals surface area contributed by atoms with Crippen LogP contribution in [0, 0.1) is 13.8 Å². The Morgan fingerprint density at radius 2 is 1.88 bits per heavy atom. The topological polar surface area (TPSA) is 42.7 Å². The maximum absolute atomic E-state index is 4.43.